The Morgan fingerprint density at radius 1 is 1.62 bits per heavy atom. The molecule has 0 aliphatic heterocycles. The molecule has 0 radical (unpaired) electrons. The van der Waals surface area contributed by atoms with Crippen LogP contribution in [-0.4, -0.2) is 10.9 Å². The van der Waals surface area contributed by atoms with Crippen LogP contribution in [0.1, 0.15) is 22.8 Å². The number of hydrogen-bond donors (Lipinski definition) is 1. The zero-order chi connectivity index (χ0) is 10.0. The molecule has 0 aliphatic rings. The fourth-order valence-electron chi connectivity index (χ4n) is 0.961. The summed E-state index contributed by atoms with van der Waals surface area (Å²) in [6, 6.07) is 3.17. The summed E-state index contributed by atoms with van der Waals surface area (Å²) in [4.78, 5) is 11.0. The number of ketones is 1. The van der Waals surface area contributed by atoms with E-state index in [1.165, 1.54) is 6.92 Å². The number of Topliss-reactive ketones (excluding diaryl/α,β-unsaturated/α-hetero) is 1. The maximum absolute atomic E-state index is 11.0. The molecule has 0 spiro atoms. The van der Waals surface area contributed by atoms with Crippen molar-refractivity contribution in [2.75, 3.05) is 0 Å². The van der Waals surface area contributed by atoms with E-state index in [2.05, 4.69) is 15.9 Å². The first-order chi connectivity index (χ1) is 6.06. The molecular formula is C9H8BrClO2. The first kappa shape index (κ1) is 10.5. The Labute approximate surface area is 89.7 Å². The highest BCUT2D eigenvalue weighted by Gasteiger charge is 2.09. The maximum Gasteiger partial charge on any atom is 0.159 e. The molecule has 0 saturated heterocycles. The van der Waals surface area contributed by atoms with Crippen molar-refractivity contribution in [2.24, 2.45) is 0 Å². The standard InChI is InChI=1S/C9H8BrClO2/c1-5(12)6-2-7(4-11)9(13)8(10)3-6/h2-3,13H,4H2,1H3. The minimum absolute atomic E-state index is 0.0490. The van der Waals surface area contributed by atoms with Crippen LogP contribution in [0.3, 0.4) is 0 Å². The fourth-order valence-corrected chi connectivity index (χ4v) is 1.67. The van der Waals surface area contributed by atoms with Gasteiger partial charge < -0.3 is 5.11 Å². The van der Waals surface area contributed by atoms with Crippen LogP contribution in [0.25, 0.3) is 0 Å². The van der Waals surface area contributed by atoms with E-state index >= 15 is 0 Å². The van der Waals surface area contributed by atoms with Crippen LogP contribution in [0.4, 0.5) is 0 Å². The summed E-state index contributed by atoms with van der Waals surface area (Å²) < 4.78 is 0.496. The van der Waals surface area contributed by atoms with Crippen LogP contribution in [0, 0.1) is 0 Å². The van der Waals surface area contributed by atoms with E-state index in [0.717, 1.165) is 0 Å². The Kier molecular flexibility index (Phi) is 3.33. The number of phenolic OH excluding ortho intramolecular Hbond substituents is 1. The first-order valence-electron chi connectivity index (χ1n) is 3.64. The number of phenols is 1. The molecule has 0 saturated carbocycles. The second kappa shape index (κ2) is 4.11. The molecule has 0 aliphatic carbocycles. The SMILES string of the molecule is CC(=O)c1cc(Br)c(O)c(CCl)c1. The number of benzene rings is 1. The van der Waals surface area contributed by atoms with Gasteiger partial charge in [0.1, 0.15) is 5.75 Å². The third-order valence-corrected chi connectivity index (χ3v) is 2.59. The summed E-state index contributed by atoms with van der Waals surface area (Å²) >= 11 is 8.73. The molecule has 1 rings (SSSR count). The molecule has 1 aromatic carbocycles. The Morgan fingerprint density at radius 3 is 2.69 bits per heavy atom. The van der Waals surface area contributed by atoms with E-state index in [-0.39, 0.29) is 17.4 Å². The number of carbonyl (C=O) groups is 1. The molecule has 2 nitrogen and oxygen atoms in total. The van der Waals surface area contributed by atoms with Gasteiger partial charge in [0.15, 0.2) is 5.78 Å². The van der Waals surface area contributed by atoms with Crippen molar-refractivity contribution in [1.29, 1.82) is 0 Å². The number of aromatic hydroxyl groups is 1. The highest BCUT2D eigenvalue weighted by atomic mass is 79.9. The average molecular weight is 264 g/mol. The topological polar surface area (TPSA) is 37.3 Å². The van der Waals surface area contributed by atoms with E-state index < -0.39 is 0 Å². The summed E-state index contributed by atoms with van der Waals surface area (Å²) in [6.07, 6.45) is 0. The van der Waals surface area contributed by atoms with Gasteiger partial charge in [0.2, 0.25) is 0 Å². The number of hydrogen-bond acceptors (Lipinski definition) is 2. The second-order valence-corrected chi connectivity index (χ2v) is 3.78. The van der Waals surface area contributed by atoms with Crippen molar-refractivity contribution >= 4 is 33.3 Å². The van der Waals surface area contributed by atoms with Crippen molar-refractivity contribution in [3.05, 3.63) is 27.7 Å². The Morgan fingerprint density at radius 2 is 2.23 bits per heavy atom. The lowest BCUT2D eigenvalue weighted by Gasteiger charge is -2.05. The minimum Gasteiger partial charge on any atom is -0.506 e. The van der Waals surface area contributed by atoms with Crippen molar-refractivity contribution in [2.45, 2.75) is 12.8 Å². The molecule has 0 amide bonds. The molecule has 0 atom stereocenters. The van der Waals surface area contributed by atoms with Gasteiger partial charge in [-0.1, -0.05) is 0 Å². The molecule has 0 bridgehead atoms. The lowest BCUT2D eigenvalue weighted by atomic mass is 10.1. The molecule has 0 aromatic heterocycles. The first-order valence-corrected chi connectivity index (χ1v) is 4.97. The minimum atomic E-state index is -0.0490. The maximum atomic E-state index is 11.0. The van der Waals surface area contributed by atoms with Crippen molar-refractivity contribution in [3.63, 3.8) is 0 Å². The van der Waals surface area contributed by atoms with Crippen molar-refractivity contribution in [3.8, 4) is 5.75 Å². The average Bonchev–Trinajstić information content (AvgIpc) is 2.09. The summed E-state index contributed by atoms with van der Waals surface area (Å²) in [5.74, 6) is 0.234. The third-order valence-electron chi connectivity index (χ3n) is 1.69. The summed E-state index contributed by atoms with van der Waals surface area (Å²) in [5, 5.41) is 9.46. The lowest BCUT2D eigenvalue weighted by Crippen LogP contribution is -1.94. The molecule has 1 N–H and O–H groups in total. The lowest BCUT2D eigenvalue weighted by molar-refractivity contribution is 0.101. The normalized spacial score (nSPS) is 10.1. The van der Waals surface area contributed by atoms with Crippen LogP contribution < -0.4 is 0 Å². The molecule has 0 unspecified atom stereocenters. The van der Waals surface area contributed by atoms with Gasteiger partial charge in [-0.15, -0.1) is 11.6 Å². The highest BCUT2D eigenvalue weighted by molar-refractivity contribution is 9.10. The van der Waals surface area contributed by atoms with Gasteiger partial charge in [-0.3, -0.25) is 4.79 Å². The number of alkyl halides is 1. The Hall–Kier alpha value is -0.540. The quantitative estimate of drug-likeness (QED) is 0.657. The van der Waals surface area contributed by atoms with E-state index in [9.17, 15) is 9.90 Å². The van der Waals surface area contributed by atoms with Gasteiger partial charge in [-0.25, -0.2) is 0 Å². The number of carbonyl (C=O) groups excluding carboxylic acids is 1. The molecule has 4 heteroatoms. The van der Waals surface area contributed by atoms with E-state index in [4.69, 9.17) is 11.6 Å². The molecular weight excluding hydrogens is 255 g/mol. The van der Waals surface area contributed by atoms with Crippen molar-refractivity contribution < 1.29 is 9.90 Å². The Bertz CT molecular complexity index is 350. The van der Waals surface area contributed by atoms with E-state index in [0.29, 0.717) is 15.6 Å². The zero-order valence-electron chi connectivity index (χ0n) is 6.97. The third kappa shape index (κ3) is 2.23. The zero-order valence-corrected chi connectivity index (χ0v) is 9.32. The monoisotopic (exact) mass is 262 g/mol. The largest absolute Gasteiger partial charge is 0.506 e. The van der Waals surface area contributed by atoms with E-state index in [1.807, 2.05) is 0 Å². The summed E-state index contributed by atoms with van der Waals surface area (Å²) in [7, 11) is 0. The van der Waals surface area contributed by atoms with Crippen LogP contribution in [-0.2, 0) is 5.88 Å². The van der Waals surface area contributed by atoms with Crippen LogP contribution >= 0.6 is 27.5 Å². The smallest absolute Gasteiger partial charge is 0.159 e. The molecule has 13 heavy (non-hydrogen) atoms. The number of halogens is 2. The molecule has 0 fully saturated rings. The molecule has 1 aromatic rings. The summed E-state index contributed by atoms with van der Waals surface area (Å²) in [6.45, 7) is 1.47. The second-order valence-electron chi connectivity index (χ2n) is 2.66. The van der Waals surface area contributed by atoms with Gasteiger partial charge in [0.05, 0.1) is 10.4 Å². The van der Waals surface area contributed by atoms with Gasteiger partial charge in [0.25, 0.3) is 0 Å². The van der Waals surface area contributed by atoms with Crippen LogP contribution in [0.15, 0.2) is 16.6 Å². The van der Waals surface area contributed by atoms with Crippen LogP contribution in [0.2, 0.25) is 0 Å². The van der Waals surface area contributed by atoms with E-state index in [1.54, 1.807) is 12.1 Å². The predicted octanol–water partition coefficient (Wildman–Crippen LogP) is 3.10. The molecule has 70 valence electrons. The van der Waals surface area contributed by atoms with Crippen molar-refractivity contribution in [1.82, 2.24) is 0 Å². The Balaban J connectivity index is 3.30. The fraction of sp³-hybridized carbons (Fsp3) is 0.222. The highest BCUT2D eigenvalue weighted by Crippen LogP contribution is 2.30. The van der Waals surface area contributed by atoms with Gasteiger partial charge in [0, 0.05) is 11.1 Å². The van der Waals surface area contributed by atoms with Crippen LogP contribution in [0.5, 0.6) is 5.75 Å². The van der Waals surface area contributed by atoms with Gasteiger partial charge in [-0.2, -0.15) is 0 Å². The predicted molar refractivity (Wildman–Crippen MR) is 55.4 cm³/mol. The van der Waals surface area contributed by atoms with Gasteiger partial charge >= 0.3 is 0 Å². The van der Waals surface area contributed by atoms with Gasteiger partial charge in [-0.05, 0) is 35.0 Å². The molecule has 0 heterocycles. The summed E-state index contributed by atoms with van der Waals surface area (Å²) in [5.41, 5.74) is 1.10. The number of rotatable bonds is 2.